The van der Waals surface area contributed by atoms with E-state index in [1.807, 2.05) is 0 Å². The minimum atomic E-state index is -4.67. The summed E-state index contributed by atoms with van der Waals surface area (Å²) in [4.78, 5) is 68.3. The molecule has 0 radical (unpaired) electrons. The Bertz CT molecular complexity index is 615. The first-order valence-electron chi connectivity index (χ1n) is 6.64. The monoisotopic (exact) mass is 571 g/mol. The number of nitrogens with two attached hydrogens (primary N) is 10. The summed E-state index contributed by atoms with van der Waals surface area (Å²) in [6.07, 6.45) is 0. The molecule has 0 bridgehead atoms. The zero-order chi connectivity index (χ0) is 30.4. The maximum absolute atomic E-state index is 9.35. The Kier molecular flexibility index (Phi) is 44.8. The molecule has 0 aliphatic carbocycles. The number of nitrogens with one attached hydrogen (secondary N) is 5. The third-order valence-corrected chi connectivity index (χ3v) is 0.711. The van der Waals surface area contributed by atoms with Gasteiger partial charge < -0.3 is 43.3 Å². The van der Waals surface area contributed by atoms with Crippen LogP contribution in [0, 0.1) is 0 Å². The minimum Gasteiger partial charge on any atom is -0.351 e. The Hall–Kier alpha value is -3.87. The van der Waals surface area contributed by atoms with E-state index in [2.05, 4.69) is 57.9 Å². The first-order valence-corrected chi connectivity index (χ1v) is 9.60. The van der Waals surface area contributed by atoms with E-state index < -0.39 is 48.4 Å². The van der Waals surface area contributed by atoms with E-state index in [-0.39, 0.29) is 0 Å². The molecule has 0 spiro atoms. The van der Waals surface area contributed by atoms with Crippen molar-refractivity contribution in [3.8, 4) is 0 Å². The molecular formula is C5H30N15O13PS. The highest BCUT2D eigenvalue weighted by Crippen LogP contribution is 2.25. The highest BCUT2D eigenvalue weighted by molar-refractivity contribution is 7.79. The van der Waals surface area contributed by atoms with Crippen LogP contribution in [-0.4, -0.2) is 62.4 Å². The molecule has 0 rings (SSSR count). The van der Waals surface area contributed by atoms with Crippen molar-refractivity contribution in [3.63, 3.8) is 0 Å². The van der Waals surface area contributed by atoms with Gasteiger partial charge in [-0.3, -0.25) is 36.2 Å². The van der Waals surface area contributed by atoms with Gasteiger partial charge in [0.1, 0.15) is 0 Å². The summed E-state index contributed by atoms with van der Waals surface area (Å²) in [5.74, 6) is 22.2. The first-order chi connectivity index (χ1) is 15.4. The van der Waals surface area contributed by atoms with Gasteiger partial charge >= 0.3 is 48.4 Å². The number of hydrazine groups is 5. The zero-order valence-electron chi connectivity index (χ0n) is 17.1. The second-order valence-electron chi connectivity index (χ2n) is 3.50. The lowest BCUT2D eigenvalue weighted by Gasteiger charge is -1.82. The summed E-state index contributed by atoms with van der Waals surface area (Å²) >= 11 is 0. The summed E-state index contributed by atoms with van der Waals surface area (Å²) in [5.41, 5.74) is 30.4. The molecule has 214 valence electrons. The summed E-state index contributed by atoms with van der Waals surface area (Å²) in [6.45, 7) is 0. The van der Waals surface area contributed by atoms with Gasteiger partial charge in [-0.15, -0.1) is 0 Å². The maximum Gasteiger partial charge on any atom is 0.466 e. The minimum absolute atomic E-state index is 0.718. The van der Waals surface area contributed by atoms with Gasteiger partial charge in [-0.05, 0) is 0 Å². The van der Waals surface area contributed by atoms with Crippen LogP contribution >= 0.6 is 7.82 Å². The molecule has 0 aromatic rings. The van der Waals surface area contributed by atoms with Crippen molar-refractivity contribution in [3.05, 3.63) is 0 Å². The zero-order valence-corrected chi connectivity index (χ0v) is 18.8. The molecule has 0 heterocycles. The van der Waals surface area contributed by atoms with Crippen molar-refractivity contribution in [2.24, 2.45) is 57.9 Å². The van der Waals surface area contributed by atoms with Gasteiger partial charge in [0.15, 0.2) is 0 Å². The Morgan fingerprint density at radius 1 is 0.514 bits per heavy atom. The van der Waals surface area contributed by atoms with Gasteiger partial charge in [-0.1, -0.05) is 0 Å². The lowest BCUT2D eigenvalue weighted by molar-refractivity contribution is 0.248. The number of urea groups is 5. The van der Waals surface area contributed by atoms with Gasteiger partial charge in [0.2, 0.25) is 0 Å². The molecule has 28 nitrogen and oxygen atoms in total. The van der Waals surface area contributed by atoms with E-state index in [0.29, 0.717) is 0 Å². The molecule has 0 aliphatic rings. The van der Waals surface area contributed by atoms with Crippen LogP contribution in [0.2, 0.25) is 0 Å². The van der Waals surface area contributed by atoms with Gasteiger partial charge in [0, 0.05) is 0 Å². The van der Waals surface area contributed by atoms with Crippen LogP contribution in [-0.2, 0) is 15.0 Å². The van der Waals surface area contributed by atoms with Crippen molar-refractivity contribution in [1.82, 2.24) is 27.1 Å². The van der Waals surface area contributed by atoms with Crippen LogP contribution in [0.4, 0.5) is 24.0 Å². The van der Waals surface area contributed by atoms with E-state index in [1.54, 1.807) is 27.1 Å². The lowest BCUT2D eigenvalue weighted by atomic mass is 11.2. The quantitative estimate of drug-likeness (QED) is 0.0421. The van der Waals surface area contributed by atoms with Crippen LogP contribution in [0.15, 0.2) is 0 Å². The molecule has 10 amide bonds. The van der Waals surface area contributed by atoms with Gasteiger partial charge in [-0.25, -0.2) is 57.8 Å². The van der Waals surface area contributed by atoms with E-state index in [4.69, 9.17) is 36.8 Å². The van der Waals surface area contributed by atoms with Crippen molar-refractivity contribution >= 4 is 48.4 Å². The number of hydrogen-bond acceptors (Lipinski definition) is 13. The van der Waals surface area contributed by atoms with Gasteiger partial charge in [-0.2, -0.15) is 8.42 Å². The van der Waals surface area contributed by atoms with E-state index in [1.165, 1.54) is 0 Å². The molecule has 0 saturated carbocycles. The average molecular weight is 571 g/mol. The Morgan fingerprint density at radius 3 is 0.543 bits per heavy atom. The fourth-order valence-corrected chi connectivity index (χ4v) is 0. The summed E-state index contributed by atoms with van der Waals surface area (Å²) in [6, 6.07) is -3.59. The first kappa shape index (κ1) is 48.5. The van der Waals surface area contributed by atoms with Crippen LogP contribution in [0.1, 0.15) is 0 Å². The van der Waals surface area contributed by atoms with Crippen molar-refractivity contribution in [2.45, 2.75) is 0 Å². The highest BCUT2D eigenvalue weighted by atomic mass is 32.3. The van der Waals surface area contributed by atoms with Crippen LogP contribution in [0.3, 0.4) is 0 Å². The fourth-order valence-electron chi connectivity index (χ4n) is 0. The van der Waals surface area contributed by atoms with Gasteiger partial charge in [0.05, 0.1) is 0 Å². The van der Waals surface area contributed by atoms with Crippen molar-refractivity contribution in [1.29, 1.82) is 0 Å². The Labute approximate surface area is 195 Å². The molecule has 30 heteroatoms. The molecule has 0 aromatic heterocycles. The lowest BCUT2D eigenvalue weighted by Crippen LogP contribution is -2.34. The highest BCUT2D eigenvalue weighted by Gasteiger charge is 2.00. The number of carbonyl (C=O) groups excluding carboxylic acids is 5. The van der Waals surface area contributed by atoms with E-state index in [0.717, 1.165) is 0 Å². The maximum atomic E-state index is 9.35. The normalized spacial score (nSPS) is 8.06. The van der Waals surface area contributed by atoms with E-state index >= 15 is 0 Å². The molecule has 0 unspecified atom stereocenters. The molecule has 0 aliphatic heterocycles. The number of phosphoric acid groups is 1. The fraction of sp³-hybridized carbons (Fsp3) is 0. The topological polar surface area (TPSA) is 558 Å². The number of hydrogen-bond donors (Lipinski definition) is 20. The predicted octanol–water partition coefficient (Wildman–Crippen LogP) is -8.94. The largest absolute Gasteiger partial charge is 0.466 e. The second-order valence-corrected chi connectivity index (χ2v) is 5.43. The van der Waals surface area contributed by atoms with Crippen molar-refractivity contribution < 1.29 is 60.7 Å². The SMILES string of the molecule is NNC(N)=O.NNC(N)=O.NNC(N)=O.NNC(N)=O.NNC(N)=O.O=P(O)(O)O.O=S(=O)(O)O. The number of carbonyl (C=O) groups is 5. The van der Waals surface area contributed by atoms with Crippen LogP contribution in [0.5, 0.6) is 0 Å². The third kappa shape index (κ3) is 634. The Morgan fingerprint density at radius 2 is 0.543 bits per heavy atom. The summed E-state index contributed by atoms with van der Waals surface area (Å²) < 4.78 is 40.5. The molecule has 30 N–H and O–H groups in total. The van der Waals surface area contributed by atoms with E-state index in [9.17, 15) is 24.0 Å². The standard InChI is InChI=1S/5CH5N3O.H3O4P.H2O4S/c5*2-1(5)4-3;2*1-5(2,3)4/h5*3H2,(H3,2,4,5);(H3,1,2,3,4);(H2,1,2,3,4). The van der Waals surface area contributed by atoms with Crippen LogP contribution in [0.25, 0.3) is 0 Å². The molecule has 0 aromatic carbocycles. The average Bonchev–Trinajstić information content (AvgIpc) is 2.66. The number of primary amides is 5. The third-order valence-electron chi connectivity index (χ3n) is 0.711. The predicted molar refractivity (Wildman–Crippen MR) is 113 cm³/mol. The molecule has 0 saturated heterocycles. The van der Waals surface area contributed by atoms with Crippen LogP contribution < -0.4 is 85.0 Å². The Balaban J connectivity index is -0.0000000523. The molecular weight excluding hydrogens is 541 g/mol. The number of rotatable bonds is 0. The molecule has 35 heavy (non-hydrogen) atoms. The van der Waals surface area contributed by atoms with Gasteiger partial charge in [0.25, 0.3) is 0 Å². The smallest absolute Gasteiger partial charge is 0.351 e. The summed E-state index contributed by atoms with van der Waals surface area (Å²) in [7, 11) is -9.31. The molecule has 0 atom stereocenters. The summed E-state index contributed by atoms with van der Waals surface area (Å²) in [5, 5.41) is 0. The molecule has 0 fully saturated rings. The number of amides is 10. The van der Waals surface area contributed by atoms with Crippen molar-refractivity contribution in [2.75, 3.05) is 0 Å². The second kappa shape index (κ2) is 32.3.